The summed E-state index contributed by atoms with van der Waals surface area (Å²) in [5.74, 6) is 0.687. The Bertz CT molecular complexity index is 772. The maximum absolute atomic E-state index is 12.2. The summed E-state index contributed by atoms with van der Waals surface area (Å²) >= 11 is 1.57. The number of amides is 1. The lowest BCUT2D eigenvalue weighted by molar-refractivity contribution is 0.0940. The maximum atomic E-state index is 12.2. The van der Waals surface area contributed by atoms with Crippen molar-refractivity contribution in [3.05, 3.63) is 40.5 Å². The minimum atomic E-state index is -0.182. The molecule has 108 valence electrons. The summed E-state index contributed by atoms with van der Waals surface area (Å²) < 4.78 is 7.22. The molecular weight excluding hydrogens is 288 g/mol. The van der Waals surface area contributed by atoms with Gasteiger partial charge < -0.3 is 9.84 Å². The van der Waals surface area contributed by atoms with E-state index in [1.165, 1.54) is 0 Å². The van der Waals surface area contributed by atoms with E-state index in [1.807, 2.05) is 22.2 Å². The molecule has 1 aliphatic carbocycles. The van der Waals surface area contributed by atoms with Crippen molar-refractivity contribution in [1.82, 2.24) is 19.9 Å². The Hall–Kier alpha value is -2.15. The van der Waals surface area contributed by atoms with Crippen molar-refractivity contribution in [3.63, 3.8) is 0 Å². The molecule has 7 heteroatoms. The van der Waals surface area contributed by atoms with Crippen molar-refractivity contribution in [2.45, 2.75) is 32.2 Å². The Kier molecular flexibility index (Phi) is 2.99. The molecule has 0 spiro atoms. The Balaban J connectivity index is 1.48. The second-order valence-electron chi connectivity index (χ2n) is 5.15. The fraction of sp³-hybridized carbons (Fsp3) is 0.357. The number of aromatic nitrogens is 3. The zero-order valence-electron chi connectivity index (χ0n) is 11.3. The standard InChI is InChI=1S/C14H14N4O2S/c19-13(12-10-3-1-2-4-11(10)20-17-12)15-7-9-8-18-5-6-21-14(18)16-9/h5-6,8H,1-4,7H2,(H,15,19). The number of rotatable bonds is 3. The minimum absolute atomic E-state index is 0.182. The zero-order valence-corrected chi connectivity index (χ0v) is 12.2. The van der Waals surface area contributed by atoms with E-state index < -0.39 is 0 Å². The summed E-state index contributed by atoms with van der Waals surface area (Å²) in [7, 11) is 0. The first-order valence-electron chi connectivity index (χ1n) is 6.98. The third kappa shape index (κ3) is 2.23. The zero-order chi connectivity index (χ0) is 14.2. The van der Waals surface area contributed by atoms with E-state index in [2.05, 4.69) is 15.5 Å². The van der Waals surface area contributed by atoms with Crippen LogP contribution in [0, 0.1) is 0 Å². The van der Waals surface area contributed by atoms with Crippen LogP contribution >= 0.6 is 11.3 Å². The normalized spacial score (nSPS) is 14.3. The van der Waals surface area contributed by atoms with Crippen LogP contribution in [0.5, 0.6) is 0 Å². The first kappa shape index (κ1) is 12.6. The Morgan fingerprint density at radius 2 is 2.33 bits per heavy atom. The van der Waals surface area contributed by atoms with E-state index >= 15 is 0 Å². The first-order valence-corrected chi connectivity index (χ1v) is 7.86. The summed E-state index contributed by atoms with van der Waals surface area (Å²) in [6.07, 6.45) is 7.83. The number of fused-ring (bicyclic) bond motifs is 2. The lowest BCUT2D eigenvalue weighted by Gasteiger charge is -2.08. The molecule has 0 saturated heterocycles. The molecule has 0 saturated carbocycles. The van der Waals surface area contributed by atoms with Crippen molar-refractivity contribution in [2.75, 3.05) is 0 Å². The van der Waals surface area contributed by atoms with Crippen molar-refractivity contribution >= 4 is 22.2 Å². The van der Waals surface area contributed by atoms with Crippen LogP contribution in [0.2, 0.25) is 0 Å². The second kappa shape index (κ2) is 5.00. The number of thiazole rings is 1. The Morgan fingerprint density at radius 3 is 3.24 bits per heavy atom. The van der Waals surface area contributed by atoms with Gasteiger partial charge >= 0.3 is 0 Å². The molecule has 6 nitrogen and oxygen atoms in total. The average Bonchev–Trinajstić information content (AvgIpc) is 3.18. The second-order valence-corrected chi connectivity index (χ2v) is 6.02. The molecule has 4 rings (SSSR count). The topological polar surface area (TPSA) is 72.4 Å². The molecule has 0 unspecified atom stereocenters. The van der Waals surface area contributed by atoms with Gasteiger partial charge in [-0.15, -0.1) is 11.3 Å². The van der Waals surface area contributed by atoms with Crippen LogP contribution in [-0.4, -0.2) is 20.4 Å². The van der Waals surface area contributed by atoms with Gasteiger partial charge in [0.15, 0.2) is 10.7 Å². The van der Waals surface area contributed by atoms with Crippen LogP contribution in [-0.2, 0) is 19.4 Å². The quantitative estimate of drug-likeness (QED) is 0.805. The van der Waals surface area contributed by atoms with E-state index in [1.54, 1.807) is 11.3 Å². The van der Waals surface area contributed by atoms with Crippen LogP contribution < -0.4 is 5.32 Å². The molecule has 0 aliphatic heterocycles. The fourth-order valence-corrected chi connectivity index (χ4v) is 3.40. The molecule has 1 aliphatic rings. The van der Waals surface area contributed by atoms with Crippen molar-refractivity contribution in [1.29, 1.82) is 0 Å². The third-order valence-electron chi connectivity index (χ3n) is 3.74. The number of nitrogens with zero attached hydrogens (tertiary/aromatic N) is 3. The lowest BCUT2D eigenvalue weighted by atomic mass is 9.96. The van der Waals surface area contributed by atoms with Crippen LogP contribution in [0.4, 0.5) is 0 Å². The van der Waals surface area contributed by atoms with E-state index in [4.69, 9.17) is 4.52 Å². The number of aryl methyl sites for hydroxylation is 1. The van der Waals surface area contributed by atoms with E-state index in [0.717, 1.165) is 47.7 Å². The third-order valence-corrected chi connectivity index (χ3v) is 4.51. The molecule has 3 aromatic rings. The van der Waals surface area contributed by atoms with Gasteiger partial charge in [-0.1, -0.05) is 5.16 Å². The van der Waals surface area contributed by atoms with Gasteiger partial charge in [0.05, 0.1) is 12.2 Å². The molecule has 1 amide bonds. The van der Waals surface area contributed by atoms with Gasteiger partial charge in [0, 0.05) is 29.8 Å². The Morgan fingerprint density at radius 1 is 1.43 bits per heavy atom. The number of nitrogens with one attached hydrogen (secondary N) is 1. The first-order chi connectivity index (χ1) is 10.3. The Labute approximate surface area is 124 Å². The van der Waals surface area contributed by atoms with Gasteiger partial charge in [-0.25, -0.2) is 4.98 Å². The number of carbonyl (C=O) groups excluding carboxylic acids is 1. The SMILES string of the molecule is O=C(NCc1cn2ccsc2n1)c1noc2c1CCCC2. The highest BCUT2D eigenvalue weighted by atomic mass is 32.1. The van der Waals surface area contributed by atoms with E-state index in [0.29, 0.717) is 12.2 Å². The highest BCUT2D eigenvalue weighted by Gasteiger charge is 2.23. The molecule has 1 N–H and O–H groups in total. The summed E-state index contributed by atoms with van der Waals surface area (Å²) in [5, 5.41) is 8.78. The van der Waals surface area contributed by atoms with Crippen molar-refractivity contribution in [3.8, 4) is 0 Å². The largest absolute Gasteiger partial charge is 0.360 e. The molecule has 3 aromatic heterocycles. The van der Waals surface area contributed by atoms with Crippen molar-refractivity contribution < 1.29 is 9.32 Å². The van der Waals surface area contributed by atoms with Gasteiger partial charge in [0.1, 0.15) is 5.76 Å². The summed E-state index contributed by atoms with van der Waals surface area (Å²) in [6.45, 7) is 0.398. The van der Waals surface area contributed by atoms with Gasteiger partial charge in [-0.2, -0.15) is 0 Å². The van der Waals surface area contributed by atoms with Gasteiger partial charge in [-0.05, 0) is 19.3 Å². The summed E-state index contributed by atoms with van der Waals surface area (Å²) in [4.78, 5) is 17.6. The molecular formula is C14H14N4O2S. The smallest absolute Gasteiger partial charge is 0.274 e. The van der Waals surface area contributed by atoms with Crippen LogP contribution in [0.15, 0.2) is 22.3 Å². The van der Waals surface area contributed by atoms with Crippen molar-refractivity contribution in [2.24, 2.45) is 0 Å². The summed E-state index contributed by atoms with van der Waals surface area (Å²) in [6, 6.07) is 0. The summed E-state index contributed by atoms with van der Waals surface area (Å²) in [5.41, 5.74) is 2.25. The maximum Gasteiger partial charge on any atom is 0.274 e. The number of hydrogen-bond acceptors (Lipinski definition) is 5. The predicted octanol–water partition coefficient (Wildman–Crippen LogP) is 2.19. The predicted molar refractivity (Wildman–Crippen MR) is 77.4 cm³/mol. The monoisotopic (exact) mass is 302 g/mol. The molecule has 0 bridgehead atoms. The molecule has 21 heavy (non-hydrogen) atoms. The van der Waals surface area contributed by atoms with E-state index in [9.17, 15) is 4.79 Å². The van der Waals surface area contributed by atoms with Gasteiger partial charge in [-0.3, -0.25) is 9.20 Å². The number of imidazole rings is 1. The van der Waals surface area contributed by atoms with Gasteiger partial charge in [0.25, 0.3) is 5.91 Å². The van der Waals surface area contributed by atoms with Crippen LogP contribution in [0.1, 0.15) is 40.3 Å². The molecule has 0 aromatic carbocycles. The molecule has 3 heterocycles. The fourth-order valence-electron chi connectivity index (χ4n) is 2.68. The molecule has 0 radical (unpaired) electrons. The number of hydrogen-bond donors (Lipinski definition) is 1. The van der Waals surface area contributed by atoms with E-state index in [-0.39, 0.29) is 5.91 Å². The highest BCUT2D eigenvalue weighted by Crippen LogP contribution is 2.24. The highest BCUT2D eigenvalue weighted by molar-refractivity contribution is 7.15. The van der Waals surface area contributed by atoms with Crippen LogP contribution in [0.3, 0.4) is 0 Å². The average molecular weight is 302 g/mol. The lowest BCUT2D eigenvalue weighted by Crippen LogP contribution is -2.24. The molecule has 0 fully saturated rings. The minimum Gasteiger partial charge on any atom is -0.360 e. The van der Waals surface area contributed by atoms with Gasteiger partial charge in [0.2, 0.25) is 0 Å². The van der Waals surface area contributed by atoms with Crippen LogP contribution in [0.25, 0.3) is 4.96 Å². The molecule has 0 atom stereocenters. The number of carbonyl (C=O) groups is 1.